The first-order valence-electron chi connectivity index (χ1n) is 10.6. The quantitative estimate of drug-likeness (QED) is 0.190. The van der Waals surface area contributed by atoms with Gasteiger partial charge in [0.2, 0.25) is 0 Å². The molecule has 2 rings (SSSR count). The van der Waals surface area contributed by atoms with E-state index in [2.05, 4.69) is 0 Å². The molecular formula is C26H30O6. The van der Waals surface area contributed by atoms with Gasteiger partial charge >= 0.3 is 11.9 Å². The highest BCUT2D eigenvalue weighted by atomic mass is 16.7. The van der Waals surface area contributed by atoms with E-state index in [1.54, 1.807) is 26.0 Å². The minimum Gasteiger partial charge on any atom is -0.433 e. The summed E-state index contributed by atoms with van der Waals surface area (Å²) >= 11 is 0. The molecule has 0 bridgehead atoms. The molecule has 6 nitrogen and oxygen atoms in total. The Morgan fingerprint density at radius 2 is 1.06 bits per heavy atom. The van der Waals surface area contributed by atoms with Crippen LogP contribution >= 0.6 is 0 Å². The van der Waals surface area contributed by atoms with Crippen LogP contribution in [0, 0.1) is 0 Å². The number of rotatable bonds is 13. The Hall–Kier alpha value is -3.22. The van der Waals surface area contributed by atoms with Gasteiger partial charge in [0, 0.05) is 12.2 Å². The zero-order valence-corrected chi connectivity index (χ0v) is 18.5. The number of benzene rings is 2. The molecule has 0 aliphatic rings. The molecule has 170 valence electrons. The van der Waals surface area contributed by atoms with Crippen molar-refractivity contribution >= 4 is 24.1 Å². The zero-order valence-electron chi connectivity index (χ0n) is 18.5. The van der Waals surface area contributed by atoms with E-state index in [1.165, 1.54) is 12.2 Å². The highest BCUT2D eigenvalue weighted by Gasteiger charge is 2.08. The molecule has 0 radical (unpaired) electrons. The summed E-state index contributed by atoms with van der Waals surface area (Å²) in [6.07, 6.45) is 6.30. The second-order valence-corrected chi connectivity index (χ2v) is 6.95. The van der Waals surface area contributed by atoms with E-state index in [1.807, 2.05) is 60.7 Å². The Labute approximate surface area is 189 Å². The molecule has 2 atom stereocenters. The summed E-state index contributed by atoms with van der Waals surface area (Å²) in [4.78, 5) is 23.6. The molecule has 2 aromatic carbocycles. The van der Waals surface area contributed by atoms with Gasteiger partial charge in [-0.05, 0) is 50.0 Å². The third kappa shape index (κ3) is 11.2. The normalized spacial score (nSPS) is 13.2. The van der Waals surface area contributed by atoms with Crippen molar-refractivity contribution in [2.45, 2.75) is 39.3 Å². The molecule has 0 fully saturated rings. The number of ether oxygens (including phenoxy) is 4. The number of esters is 2. The number of carbonyl (C=O) groups excluding carboxylic acids is 2. The number of carbonyl (C=O) groups is 2. The first-order valence-corrected chi connectivity index (χ1v) is 10.6. The molecule has 0 aliphatic heterocycles. The van der Waals surface area contributed by atoms with Crippen molar-refractivity contribution in [1.29, 1.82) is 0 Å². The molecule has 0 aromatic heterocycles. The van der Waals surface area contributed by atoms with Crippen molar-refractivity contribution in [3.05, 3.63) is 83.9 Å². The largest absolute Gasteiger partial charge is 0.433 e. The van der Waals surface area contributed by atoms with Crippen LogP contribution in [0.5, 0.6) is 0 Å². The van der Waals surface area contributed by atoms with Crippen LogP contribution in [0.1, 0.15) is 37.8 Å². The van der Waals surface area contributed by atoms with Gasteiger partial charge < -0.3 is 18.9 Å². The van der Waals surface area contributed by atoms with Gasteiger partial charge in [-0.2, -0.15) is 0 Å². The maximum atomic E-state index is 11.8. The molecule has 0 saturated heterocycles. The highest BCUT2D eigenvalue weighted by molar-refractivity contribution is 5.87. The van der Waals surface area contributed by atoms with Crippen LogP contribution in [0.4, 0.5) is 0 Å². The van der Waals surface area contributed by atoms with Crippen LogP contribution in [0.3, 0.4) is 0 Å². The minimum atomic E-state index is -0.639. The van der Waals surface area contributed by atoms with Crippen molar-refractivity contribution in [2.75, 3.05) is 13.2 Å². The van der Waals surface area contributed by atoms with E-state index in [0.717, 1.165) is 24.0 Å². The summed E-state index contributed by atoms with van der Waals surface area (Å²) in [6, 6.07) is 19.0. The van der Waals surface area contributed by atoms with Crippen molar-refractivity contribution in [1.82, 2.24) is 0 Å². The Kier molecular flexibility index (Phi) is 11.5. The van der Waals surface area contributed by atoms with Gasteiger partial charge in [0.25, 0.3) is 0 Å². The summed E-state index contributed by atoms with van der Waals surface area (Å²) in [5.74, 6) is -0.914. The Morgan fingerprint density at radius 1 is 0.688 bits per heavy atom. The van der Waals surface area contributed by atoms with Crippen LogP contribution in [0.15, 0.2) is 72.8 Å². The Morgan fingerprint density at radius 3 is 1.44 bits per heavy atom. The molecule has 0 saturated carbocycles. The van der Waals surface area contributed by atoms with Gasteiger partial charge in [-0.3, -0.25) is 0 Å². The van der Waals surface area contributed by atoms with Gasteiger partial charge in [0.05, 0.1) is 13.2 Å². The van der Waals surface area contributed by atoms with Crippen molar-refractivity contribution in [2.24, 2.45) is 0 Å². The monoisotopic (exact) mass is 438 g/mol. The van der Waals surface area contributed by atoms with Crippen molar-refractivity contribution < 1.29 is 28.5 Å². The van der Waals surface area contributed by atoms with Crippen molar-refractivity contribution in [3.8, 4) is 0 Å². The maximum Gasteiger partial charge on any atom is 0.333 e. The van der Waals surface area contributed by atoms with Gasteiger partial charge in [-0.25, -0.2) is 9.59 Å². The second-order valence-electron chi connectivity index (χ2n) is 6.95. The second kappa shape index (κ2) is 14.7. The first kappa shape index (κ1) is 25.0. The van der Waals surface area contributed by atoms with E-state index in [9.17, 15) is 9.59 Å². The maximum absolute atomic E-state index is 11.8. The van der Waals surface area contributed by atoms with E-state index < -0.39 is 24.5 Å². The lowest BCUT2D eigenvalue weighted by Gasteiger charge is -2.14. The third-order valence-electron chi connectivity index (χ3n) is 4.23. The van der Waals surface area contributed by atoms with Crippen LogP contribution < -0.4 is 0 Å². The SMILES string of the molecule is CC(OCCCCOC(C)OC(=O)/C=C/c1ccccc1)OC(=O)/C=C/c1ccccc1. The first-order chi connectivity index (χ1) is 15.5. The molecule has 0 spiro atoms. The fourth-order valence-electron chi connectivity index (χ4n) is 2.63. The van der Waals surface area contributed by atoms with Gasteiger partial charge in [0.15, 0.2) is 12.6 Å². The fourth-order valence-corrected chi connectivity index (χ4v) is 2.63. The fraction of sp³-hybridized carbons (Fsp3) is 0.308. The number of unbranched alkanes of at least 4 members (excludes halogenated alkanes) is 1. The van der Waals surface area contributed by atoms with Crippen molar-refractivity contribution in [3.63, 3.8) is 0 Å². The lowest BCUT2D eigenvalue weighted by Crippen LogP contribution is -2.19. The smallest absolute Gasteiger partial charge is 0.333 e. The minimum absolute atomic E-state index is 0.425. The van der Waals surface area contributed by atoms with Crippen LogP contribution in [-0.2, 0) is 28.5 Å². The molecule has 2 aromatic rings. The lowest BCUT2D eigenvalue weighted by atomic mass is 10.2. The molecule has 32 heavy (non-hydrogen) atoms. The molecule has 0 aliphatic carbocycles. The molecule has 0 amide bonds. The average molecular weight is 439 g/mol. The molecular weight excluding hydrogens is 408 g/mol. The van der Waals surface area contributed by atoms with E-state index in [4.69, 9.17) is 18.9 Å². The van der Waals surface area contributed by atoms with Crippen LogP contribution in [0.25, 0.3) is 12.2 Å². The zero-order chi connectivity index (χ0) is 23.0. The Bertz CT molecular complexity index is 787. The molecule has 2 unspecified atom stereocenters. The topological polar surface area (TPSA) is 71.1 Å². The van der Waals surface area contributed by atoms with Gasteiger partial charge in [-0.1, -0.05) is 60.7 Å². The van der Waals surface area contributed by atoms with E-state index in [-0.39, 0.29) is 0 Å². The van der Waals surface area contributed by atoms with Gasteiger partial charge in [-0.15, -0.1) is 0 Å². The lowest BCUT2D eigenvalue weighted by molar-refractivity contribution is -0.172. The third-order valence-corrected chi connectivity index (χ3v) is 4.23. The van der Waals surface area contributed by atoms with Crippen LogP contribution in [0.2, 0.25) is 0 Å². The van der Waals surface area contributed by atoms with E-state index in [0.29, 0.717) is 13.2 Å². The van der Waals surface area contributed by atoms with Gasteiger partial charge in [0.1, 0.15) is 0 Å². The molecule has 6 heteroatoms. The number of hydrogen-bond acceptors (Lipinski definition) is 6. The standard InChI is InChI=1S/C26H30O6/c1-21(31-25(27)17-15-23-11-5-3-6-12-23)29-19-9-10-20-30-22(2)32-26(28)18-16-24-13-7-4-8-14-24/h3-8,11-18,21-22H,9-10,19-20H2,1-2H3/b17-15+,18-16+. The average Bonchev–Trinajstić information content (AvgIpc) is 2.80. The summed E-state index contributed by atoms with van der Waals surface area (Å²) in [7, 11) is 0. The summed E-state index contributed by atoms with van der Waals surface area (Å²) in [5.41, 5.74) is 1.84. The Balaban J connectivity index is 1.51. The molecule has 0 heterocycles. The summed E-state index contributed by atoms with van der Waals surface area (Å²) in [5, 5.41) is 0. The highest BCUT2D eigenvalue weighted by Crippen LogP contribution is 2.05. The van der Waals surface area contributed by atoms with E-state index >= 15 is 0 Å². The number of hydrogen-bond donors (Lipinski definition) is 0. The summed E-state index contributed by atoms with van der Waals surface area (Å²) in [6.45, 7) is 4.20. The summed E-state index contributed by atoms with van der Waals surface area (Å²) < 4.78 is 21.3. The predicted molar refractivity (Wildman–Crippen MR) is 123 cm³/mol. The predicted octanol–water partition coefficient (Wildman–Crippen LogP) is 5.01. The molecule has 0 N–H and O–H groups in total. The van der Waals surface area contributed by atoms with Crippen LogP contribution in [-0.4, -0.2) is 37.7 Å².